The van der Waals surface area contributed by atoms with Gasteiger partial charge < -0.3 is 14.8 Å². The second-order valence-corrected chi connectivity index (χ2v) is 6.08. The molecular weight excluding hydrogens is 298 g/mol. The lowest BCUT2D eigenvalue weighted by Gasteiger charge is -2.29. The Bertz CT molecular complexity index is 696. The van der Waals surface area contributed by atoms with Gasteiger partial charge in [0.1, 0.15) is 11.5 Å². The summed E-state index contributed by atoms with van der Waals surface area (Å²) < 4.78 is 11.3. The predicted octanol–water partition coefficient (Wildman–Crippen LogP) is 4.28. The van der Waals surface area contributed by atoms with E-state index in [1.54, 1.807) is 0 Å². The van der Waals surface area contributed by atoms with Gasteiger partial charge >= 0.3 is 0 Å². The highest BCUT2D eigenvalue weighted by Crippen LogP contribution is 2.34. The third kappa shape index (κ3) is 3.41. The van der Waals surface area contributed by atoms with Crippen LogP contribution in [0.25, 0.3) is 0 Å². The van der Waals surface area contributed by atoms with E-state index < -0.39 is 0 Å². The molecule has 0 amide bonds. The normalized spacial score (nSPS) is 16.5. The number of hydrogen-bond donors (Lipinski definition) is 1. The van der Waals surface area contributed by atoms with Crippen LogP contribution in [0.3, 0.4) is 0 Å². The van der Waals surface area contributed by atoms with Gasteiger partial charge in [-0.2, -0.15) is 0 Å². The van der Waals surface area contributed by atoms with Crippen LogP contribution >= 0.6 is 0 Å². The zero-order valence-corrected chi connectivity index (χ0v) is 14.9. The molecule has 2 aromatic carbocycles. The van der Waals surface area contributed by atoms with Gasteiger partial charge in [0.05, 0.1) is 19.3 Å². The van der Waals surface area contributed by atoms with Crippen molar-refractivity contribution in [3.8, 4) is 11.5 Å². The van der Waals surface area contributed by atoms with Crippen LogP contribution in [-0.4, -0.2) is 19.8 Å². The molecule has 0 aromatic heterocycles. The van der Waals surface area contributed by atoms with E-state index >= 15 is 0 Å². The third-order valence-corrected chi connectivity index (χ3v) is 4.60. The molecular formula is C21H27NO2. The van der Waals surface area contributed by atoms with E-state index in [1.165, 1.54) is 22.3 Å². The number of aryl methyl sites for hydroxylation is 1. The molecule has 24 heavy (non-hydrogen) atoms. The van der Waals surface area contributed by atoms with Gasteiger partial charge in [-0.3, -0.25) is 0 Å². The fraction of sp³-hybridized carbons (Fsp3) is 0.429. The van der Waals surface area contributed by atoms with Gasteiger partial charge in [0.25, 0.3) is 0 Å². The summed E-state index contributed by atoms with van der Waals surface area (Å²) in [5, 5.41) is 3.69. The number of nitrogens with one attached hydrogen (secondary N) is 1. The van der Waals surface area contributed by atoms with Crippen LogP contribution < -0.4 is 14.8 Å². The van der Waals surface area contributed by atoms with Crippen molar-refractivity contribution in [1.82, 2.24) is 5.32 Å². The molecule has 2 aromatic rings. The number of hydrogen-bond acceptors (Lipinski definition) is 3. The molecule has 0 saturated heterocycles. The first-order chi connectivity index (χ1) is 11.8. The van der Waals surface area contributed by atoms with Crippen molar-refractivity contribution >= 4 is 0 Å². The Labute approximate surface area is 145 Å². The molecule has 3 heteroatoms. The minimum Gasteiger partial charge on any atom is -0.494 e. The zero-order chi connectivity index (χ0) is 16.9. The average Bonchev–Trinajstić information content (AvgIpc) is 2.61. The lowest BCUT2D eigenvalue weighted by molar-refractivity contribution is 0.339. The largest absolute Gasteiger partial charge is 0.494 e. The lowest BCUT2D eigenvalue weighted by atomic mass is 9.87. The molecule has 1 heterocycles. The van der Waals surface area contributed by atoms with E-state index in [1.807, 2.05) is 13.8 Å². The summed E-state index contributed by atoms with van der Waals surface area (Å²) >= 11 is 0. The fourth-order valence-electron chi connectivity index (χ4n) is 3.50. The summed E-state index contributed by atoms with van der Waals surface area (Å²) in [6.45, 7) is 8.65. The molecule has 0 spiro atoms. The molecule has 1 aliphatic heterocycles. The number of ether oxygens (including phenoxy) is 2. The summed E-state index contributed by atoms with van der Waals surface area (Å²) in [6.07, 6.45) is 2.05. The van der Waals surface area contributed by atoms with Crippen molar-refractivity contribution in [2.45, 2.75) is 39.7 Å². The average molecular weight is 325 g/mol. The summed E-state index contributed by atoms with van der Waals surface area (Å²) in [5.74, 6) is 1.93. The van der Waals surface area contributed by atoms with E-state index in [4.69, 9.17) is 9.47 Å². The molecule has 1 unspecified atom stereocenters. The topological polar surface area (TPSA) is 30.5 Å². The minimum atomic E-state index is 0.245. The zero-order valence-electron chi connectivity index (χ0n) is 14.9. The van der Waals surface area contributed by atoms with Crippen LogP contribution in [0.5, 0.6) is 11.5 Å². The highest BCUT2D eigenvalue weighted by molar-refractivity contribution is 5.47. The Kier molecular flexibility index (Phi) is 5.41. The molecule has 1 atom stereocenters. The first-order valence-corrected chi connectivity index (χ1v) is 9.01. The highest BCUT2D eigenvalue weighted by atomic mass is 16.5. The van der Waals surface area contributed by atoms with Crippen molar-refractivity contribution in [2.75, 3.05) is 19.8 Å². The molecule has 0 radical (unpaired) electrons. The van der Waals surface area contributed by atoms with Crippen LogP contribution in [0.1, 0.15) is 49.1 Å². The Hall–Kier alpha value is -2.00. The second-order valence-electron chi connectivity index (χ2n) is 6.08. The van der Waals surface area contributed by atoms with Gasteiger partial charge in [-0.05, 0) is 73.2 Å². The second kappa shape index (κ2) is 7.71. The van der Waals surface area contributed by atoms with Crippen LogP contribution in [0.2, 0.25) is 0 Å². The summed E-state index contributed by atoms with van der Waals surface area (Å²) in [6, 6.07) is 13.2. The van der Waals surface area contributed by atoms with E-state index in [-0.39, 0.29) is 6.04 Å². The highest BCUT2D eigenvalue weighted by Gasteiger charge is 2.23. The SMILES string of the molecule is CCOc1ccc(C2NCCc3cc(OCC)ccc32)c(CC)c1. The van der Waals surface area contributed by atoms with Crippen molar-refractivity contribution < 1.29 is 9.47 Å². The van der Waals surface area contributed by atoms with Gasteiger partial charge in [-0.25, -0.2) is 0 Å². The molecule has 0 saturated carbocycles. The molecule has 1 N–H and O–H groups in total. The Morgan fingerprint density at radius 2 is 1.58 bits per heavy atom. The molecule has 3 rings (SSSR count). The van der Waals surface area contributed by atoms with Crippen molar-refractivity contribution in [1.29, 1.82) is 0 Å². The molecule has 128 valence electrons. The fourth-order valence-corrected chi connectivity index (χ4v) is 3.50. The Morgan fingerprint density at radius 1 is 0.917 bits per heavy atom. The minimum absolute atomic E-state index is 0.245. The number of fused-ring (bicyclic) bond motifs is 1. The van der Waals surface area contributed by atoms with Crippen molar-refractivity contribution in [3.63, 3.8) is 0 Å². The smallest absolute Gasteiger partial charge is 0.119 e. The number of benzene rings is 2. The molecule has 3 nitrogen and oxygen atoms in total. The maximum absolute atomic E-state index is 5.67. The predicted molar refractivity (Wildman–Crippen MR) is 98.1 cm³/mol. The van der Waals surface area contributed by atoms with E-state index in [9.17, 15) is 0 Å². The van der Waals surface area contributed by atoms with E-state index in [0.29, 0.717) is 13.2 Å². The Morgan fingerprint density at radius 3 is 2.25 bits per heavy atom. The van der Waals surface area contributed by atoms with Crippen molar-refractivity contribution in [3.05, 3.63) is 58.7 Å². The van der Waals surface area contributed by atoms with Gasteiger partial charge in [-0.1, -0.05) is 19.1 Å². The van der Waals surface area contributed by atoms with E-state index in [2.05, 4.69) is 48.6 Å². The molecule has 1 aliphatic rings. The third-order valence-electron chi connectivity index (χ3n) is 4.60. The standard InChI is InChI=1S/C21H27NO2/c1-4-15-13-17(23-5-2)7-9-19(15)21-20-10-8-18(24-6-3)14-16(20)11-12-22-21/h7-10,13-14,21-22H,4-6,11-12H2,1-3H3. The van der Waals surface area contributed by atoms with Crippen LogP contribution in [0, 0.1) is 0 Å². The van der Waals surface area contributed by atoms with Gasteiger partial charge in [0, 0.05) is 6.54 Å². The van der Waals surface area contributed by atoms with Gasteiger partial charge in [0.2, 0.25) is 0 Å². The first-order valence-electron chi connectivity index (χ1n) is 9.01. The van der Waals surface area contributed by atoms with Crippen molar-refractivity contribution in [2.24, 2.45) is 0 Å². The maximum Gasteiger partial charge on any atom is 0.119 e. The molecule has 0 aliphatic carbocycles. The van der Waals surface area contributed by atoms with Gasteiger partial charge in [0.15, 0.2) is 0 Å². The van der Waals surface area contributed by atoms with Crippen LogP contribution in [0.4, 0.5) is 0 Å². The Balaban J connectivity index is 1.97. The molecule has 0 fully saturated rings. The summed E-state index contributed by atoms with van der Waals surface area (Å²) in [5.41, 5.74) is 5.45. The summed E-state index contributed by atoms with van der Waals surface area (Å²) in [7, 11) is 0. The van der Waals surface area contributed by atoms with E-state index in [0.717, 1.165) is 30.9 Å². The lowest BCUT2D eigenvalue weighted by Crippen LogP contribution is -2.31. The van der Waals surface area contributed by atoms with Gasteiger partial charge in [-0.15, -0.1) is 0 Å². The molecule has 0 bridgehead atoms. The number of rotatable bonds is 6. The maximum atomic E-state index is 5.67. The first kappa shape index (κ1) is 16.8. The quantitative estimate of drug-likeness (QED) is 0.860. The van der Waals surface area contributed by atoms with Crippen LogP contribution in [-0.2, 0) is 12.8 Å². The van der Waals surface area contributed by atoms with Crippen LogP contribution in [0.15, 0.2) is 36.4 Å². The summed E-state index contributed by atoms with van der Waals surface area (Å²) in [4.78, 5) is 0. The monoisotopic (exact) mass is 325 g/mol.